The molecule has 1 aliphatic rings. The summed E-state index contributed by atoms with van der Waals surface area (Å²) in [4.78, 5) is 12.3. The Morgan fingerprint density at radius 3 is 2.86 bits per heavy atom. The Bertz CT molecular complexity index is 682. The van der Waals surface area contributed by atoms with Gasteiger partial charge in [0.05, 0.1) is 10.6 Å². The van der Waals surface area contributed by atoms with E-state index in [-0.39, 0.29) is 10.6 Å². The number of fused-ring (bicyclic) bond motifs is 1. The van der Waals surface area contributed by atoms with E-state index in [0.717, 1.165) is 36.3 Å². The van der Waals surface area contributed by atoms with Crippen molar-refractivity contribution in [3.05, 3.63) is 63.9 Å². The maximum absolute atomic E-state index is 13.8. The molecule has 0 radical (unpaired) electrons. The van der Waals surface area contributed by atoms with E-state index >= 15 is 0 Å². The highest BCUT2D eigenvalue weighted by molar-refractivity contribution is 6.34. The highest BCUT2D eigenvalue weighted by Gasteiger charge is 2.18. The van der Waals surface area contributed by atoms with E-state index in [2.05, 4.69) is 10.6 Å². The molecule has 2 aromatic carbocycles. The van der Waals surface area contributed by atoms with Gasteiger partial charge in [-0.1, -0.05) is 29.8 Å². The first-order chi connectivity index (χ1) is 10.2. The highest BCUT2D eigenvalue weighted by atomic mass is 35.5. The Balaban J connectivity index is 1.92. The van der Waals surface area contributed by atoms with Gasteiger partial charge in [-0.25, -0.2) is 4.39 Å². The predicted molar refractivity (Wildman–Crippen MR) is 81.2 cm³/mol. The summed E-state index contributed by atoms with van der Waals surface area (Å²) in [6.07, 6.45) is 0.830. The Morgan fingerprint density at radius 2 is 2.05 bits per heavy atom. The van der Waals surface area contributed by atoms with Crippen LogP contribution in [0.15, 0.2) is 36.4 Å². The standard InChI is InChI=1S/C16H14ClFN2O/c17-12-4-2-5-13(18)15(12)16(21)20-14-6-1-3-10-9-19-8-7-11(10)14/h1-6,19H,7-9H2,(H,20,21). The molecule has 1 heterocycles. The zero-order valence-corrected chi connectivity index (χ0v) is 12.0. The minimum absolute atomic E-state index is 0.110. The van der Waals surface area contributed by atoms with Crippen LogP contribution in [0.2, 0.25) is 5.02 Å². The van der Waals surface area contributed by atoms with Crippen molar-refractivity contribution in [1.82, 2.24) is 5.32 Å². The number of carbonyl (C=O) groups excluding carboxylic acids is 1. The maximum Gasteiger partial charge on any atom is 0.260 e. The quantitative estimate of drug-likeness (QED) is 0.893. The number of nitrogens with one attached hydrogen (secondary N) is 2. The van der Waals surface area contributed by atoms with Crippen molar-refractivity contribution in [3.63, 3.8) is 0 Å². The molecule has 0 saturated heterocycles. The predicted octanol–water partition coefficient (Wildman–Crippen LogP) is 3.38. The molecule has 0 spiro atoms. The van der Waals surface area contributed by atoms with Crippen molar-refractivity contribution < 1.29 is 9.18 Å². The number of hydrogen-bond acceptors (Lipinski definition) is 2. The Labute approximate surface area is 127 Å². The lowest BCUT2D eigenvalue weighted by atomic mass is 9.99. The van der Waals surface area contributed by atoms with Crippen LogP contribution in [-0.4, -0.2) is 12.5 Å². The summed E-state index contributed by atoms with van der Waals surface area (Å²) >= 11 is 5.92. The van der Waals surface area contributed by atoms with E-state index in [9.17, 15) is 9.18 Å². The highest BCUT2D eigenvalue weighted by Crippen LogP contribution is 2.25. The molecule has 5 heteroatoms. The molecule has 0 aromatic heterocycles. The largest absolute Gasteiger partial charge is 0.322 e. The van der Waals surface area contributed by atoms with Gasteiger partial charge in [0, 0.05) is 12.2 Å². The van der Waals surface area contributed by atoms with Crippen molar-refractivity contribution in [2.75, 3.05) is 11.9 Å². The van der Waals surface area contributed by atoms with Crippen LogP contribution in [0, 0.1) is 5.82 Å². The van der Waals surface area contributed by atoms with Crippen LogP contribution in [-0.2, 0) is 13.0 Å². The van der Waals surface area contributed by atoms with E-state index in [1.54, 1.807) is 0 Å². The zero-order valence-electron chi connectivity index (χ0n) is 11.2. The molecule has 2 N–H and O–H groups in total. The molecule has 21 heavy (non-hydrogen) atoms. The van der Waals surface area contributed by atoms with Gasteiger partial charge in [-0.05, 0) is 42.3 Å². The van der Waals surface area contributed by atoms with Crippen LogP contribution in [0.5, 0.6) is 0 Å². The summed E-state index contributed by atoms with van der Waals surface area (Å²) < 4.78 is 13.8. The fourth-order valence-corrected chi connectivity index (χ4v) is 2.80. The van der Waals surface area contributed by atoms with Gasteiger partial charge in [-0.15, -0.1) is 0 Å². The molecule has 0 unspecified atom stereocenters. The van der Waals surface area contributed by atoms with Gasteiger partial charge in [0.2, 0.25) is 0 Å². The molecule has 2 aromatic rings. The normalized spacial score (nSPS) is 13.6. The second kappa shape index (κ2) is 5.84. The second-order valence-corrected chi connectivity index (χ2v) is 5.33. The topological polar surface area (TPSA) is 41.1 Å². The first-order valence-corrected chi connectivity index (χ1v) is 7.11. The van der Waals surface area contributed by atoms with Gasteiger partial charge < -0.3 is 10.6 Å². The molecular formula is C16H14ClFN2O. The number of benzene rings is 2. The molecule has 108 valence electrons. The van der Waals surface area contributed by atoms with Crippen LogP contribution in [0.1, 0.15) is 21.5 Å². The maximum atomic E-state index is 13.8. The summed E-state index contributed by atoms with van der Waals surface area (Å²) in [6, 6.07) is 9.94. The van der Waals surface area contributed by atoms with Crippen LogP contribution in [0.25, 0.3) is 0 Å². The van der Waals surface area contributed by atoms with E-state index < -0.39 is 11.7 Å². The van der Waals surface area contributed by atoms with Gasteiger partial charge in [-0.3, -0.25) is 4.79 Å². The van der Waals surface area contributed by atoms with Crippen LogP contribution >= 0.6 is 11.6 Å². The number of amides is 1. The molecule has 1 amide bonds. The van der Waals surface area contributed by atoms with Crippen molar-refractivity contribution in [2.24, 2.45) is 0 Å². The Hall–Kier alpha value is -1.91. The SMILES string of the molecule is O=C(Nc1cccc2c1CCNC2)c1c(F)cccc1Cl. The summed E-state index contributed by atoms with van der Waals surface area (Å²) in [5.74, 6) is -1.14. The fraction of sp³-hybridized carbons (Fsp3) is 0.188. The number of hydrogen-bond donors (Lipinski definition) is 2. The lowest BCUT2D eigenvalue weighted by Gasteiger charge is -2.20. The molecule has 0 aliphatic carbocycles. The molecule has 0 saturated carbocycles. The van der Waals surface area contributed by atoms with Crippen molar-refractivity contribution in [2.45, 2.75) is 13.0 Å². The smallest absolute Gasteiger partial charge is 0.260 e. The van der Waals surface area contributed by atoms with Crippen molar-refractivity contribution in [3.8, 4) is 0 Å². The third kappa shape index (κ3) is 2.77. The summed E-state index contributed by atoms with van der Waals surface area (Å²) in [6.45, 7) is 1.64. The molecule has 3 rings (SSSR count). The molecule has 3 nitrogen and oxygen atoms in total. The van der Waals surface area contributed by atoms with Gasteiger partial charge in [-0.2, -0.15) is 0 Å². The summed E-state index contributed by atoms with van der Waals surface area (Å²) in [7, 11) is 0. The van der Waals surface area contributed by atoms with E-state index in [4.69, 9.17) is 11.6 Å². The minimum Gasteiger partial charge on any atom is -0.322 e. The lowest BCUT2D eigenvalue weighted by molar-refractivity contribution is 0.102. The lowest BCUT2D eigenvalue weighted by Crippen LogP contribution is -2.25. The monoisotopic (exact) mass is 304 g/mol. The molecule has 1 aliphatic heterocycles. The van der Waals surface area contributed by atoms with Gasteiger partial charge in [0.15, 0.2) is 0 Å². The number of halogens is 2. The van der Waals surface area contributed by atoms with Gasteiger partial charge >= 0.3 is 0 Å². The van der Waals surface area contributed by atoms with Gasteiger partial charge in [0.25, 0.3) is 5.91 Å². The average molecular weight is 305 g/mol. The molecular weight excluding hydrogens is 291 g/mol. The van der Waals surface area contributed by atoms with Crippen molar-refractivity contribution in [1.29, 1.82) is 0 Å². The van der Waals surface area contributed by atoms with Crippen LogP contribution < -0.4 is 10.6 Å². The molecule has 0 atom stereocenters. The van der Waals surface area contributed by atoms with Gasteiger partial charge in [0.1, 0.15) is 5.82 Å². The van der Waals surface area contributed by atoms with E-state index in [1.165, 1.54) is 18.2 Å². The fourth-order valence-electron chi connectivity index (χ4n) is 2.55. The number of carbonyl (C=O) groups is 1. The molecule has 0 bridgehead atoms. The van der Waals surface area contributed by atoms with Crippen molar-refractivity contribution >= 4 is 23.2 Å². The average Bonchev–Trinajstić information content (AvgIpc) is 2.47. The summed E-state index contributed by atoms with van der Waals surface area (Å²) in [5, 5.41) is 6.16. The number of rotatable bonds is 2. The minimum atomic E-state index is -0.619. The zero-order chi connectivity index (χ0) is 14.8. The Morgan fingerprint density at radius 1 is 1.24 bits per heavy atom. The Kier molecular flexibility index (Phi) is 3.90. The second-order valence-electron chi connectivity index (χ2n) is 4.92. The summed E-state index contributed by atoms with van der Waals surface area (Å²) in [5.41, 5.74) is 2.85. The third-order valence-corrected chi connectivity index (χ3v) is 3.89. The van der Waals surface area contributed by atoms with E-state index in [1.807, 2.05) is 18.2 Å². The third-order valence-electron chi connectivity index (χ3n) is 3.58. The number of anilines is 1. The first kappa shape index (κ1) is 14.0. The molecule has 0 fully saturated rings. The van der Waals surface area contributed by atoms with Crippen LogP contribution in [0.3, 0.4) is 0 Å². The van der Waals surface area contributed by atoms with Crippen LogP contribution in [0.4, 0.5) is 10.1 Å². The van der Waals surface area contributed by atoms with E-state index in [0.29, 0.717) is 0 Å². The first-order valence-electron chi connectivity index (χ1n) is 6.73.